The lowest BCUT2D eigenvalue weighted by Crippen LogP contribution is -2.23. The molecule has 2 aromatic heterocycles. The molecule has 0 aliphatic carbocycles. The second-order valence-electron chi connectivity index (χ2n) is 4.79. The van der Waals surface area contributed by atoms with Gasteiger partial charge in [-0.05, 0) is 19.4 Å². The lowest BCUT2D eigenvalue weighted by molar-refractivity contribution is 0.102. The van der Waals surface area contributed by atoms with Crippen LogP contribution in [0, 0.1) is 6.92 Å². The Balaban J connectivity index is 2.07. The molecular weight excluding hydrogens is 270 g/mol. The van der Waals surface area contributed by atoms with Crippen molar-refractivity contribution in [3.05, 3.63) is 29.8 Å². The molecule has 2 heterocycles. The molecular formula is C14H19N5O2. The number of aromatic nitrogens is 3. The third kappa shape index (κ3) is 4.01. The van der Waals surface area contributed by atoms with Gasteiger partial charge in [-0.2, -0.15) is 0 Å². The Morgan fingerprint density at radius 1 is 1.48 bits per heavy atom. The van der Waals surface area contributed by atoms with Gasteiger partial charge in [-0.1, -0.05) is 18.5 Å². The van der Waals surface area contributed by atoms with E-state index in [1.54, 1.807) is 25.3 Å². The predicted molar refractivity (Wildman–Crippen MR) is 79.4 cm³/mol. The Bertz CT molecular complexity index is 611. The van der Waals surface area contributed by atoms with Crippen LogP contribution in [0.25, 0.3) is 0 Å². The Hall–Kier alpha value is -2.44. The molecule has 112 valence electrons. The van der Waals surface area contributed by atoms with Crippen molar-refractivity contribution in [1.82, 2.24) is 15.1 Å². The average Bonchev–Trinajstić information content (AvgIpc) is 2.90. The number of unbranched alkanes of at least 4 members (excludes halogenated alkanes) is 1. The van der Waals surface area contributed by atoms with E-state index >= 15 is 0 Å². The largest absolute Gasteiger partial charge is 0.360 e. The zero-order chi connectivity index (χ0) is 15.2. The van der Waals surface area contributed by atoms with Crippen LogP contribution >= 0.6 is 0 Å². The van der Waals surface area contributed by atoms with E-state index in [1.165, 1.54) is 0 Å². The van der Waals surface area contributed by atoms with Gasteiger partial charge in [0.2, 0.25) is 5.95 Å². The summed E-state index contributed by atoms with van der Waals surface area (Å²) in [6.45, 7) is 4.73. The van der Waals surface area contributed by atoms with Crippen LogP contribution in [0.3, 0.4) is 0 Å². The second kappa shape index (κ2) is 6.83. The molecule has 7 nitrogen and oxygen atoms in total. The smallest absolute Gasteiger partial charge is 0.275 e. The summed E-state index contributed by atoms with van der Waals surface area (Å²) < 4.78 is 4.90. The van der Waals surface area contributed by atoms with E-state index in [4.69, 9.17) is 4.52 Å². The second-order valence-corrected chi connectivity index (χ2v) is 4.79. The van der Waals surface area contributed by atoms with Crippen LogP contribution < -0.4 is 10.2 Å². The van der Waals surface area contributed by atoms with Crippen molar-refractivity contribution in [2.75, 3.05) is 23.8 Å². The fourth-order valence-electron chi connectivity index (χ4n) is 1.76. The van der Waals surface area contributed by atoms with Crippen molar-refractivity contribution in [2.45, 2.75) is 26.7 Å². The molecule has 21 heavy (non-hydrogen) atoms. The van der Waals surface area contributed by atoms with Crippen molar-refractivity contribution in [2.24, 2.45) is 0 Å². The van der Waals surface area contributed by atoms with E-state index in [1.807, 2.05) is 11.9 Å². The summed E-state index contributed by atoms with van der Waals surface area (Å²) in [5.74, 6) is 1.20. The van der Waals surface area contributed by atoms with E-state index in [0.29, 0.717) is 23.2 Å². The first-order valence-electron chi connectivity index (χ1n) is 6.89. The van der Waals surface area contributed by atoms with E-state index in [2.05, 4.69) is 27.4 Å². The molecule has 0 bridgehead atoms. The molecule has 2 aromatic rings. The molecule has 0 aliphatic rings. The fraction of sp³-hybridized carbons (Fsp3) is 0.429. The molecule has 0 aliphatic heterocycles. The quantitative estimate of drug-likeness (QED) is 0.878. The maximum absolute atomic E-state index is 12.1. The van der Waals surface area contributed by atoms with Crippen molar-refractivity contribution in [3.63, 3.8) is 0 Å². The van der Waals surface area contributed by atoms with Crippen LogP contribution in [0.1, 0.15) is 36.0 Å². The van der Waals surface area contributed by atoms with Gasteiger partial charge in [0.05, 0.1) is 0 Å². The summed E-state index contributed by atoms with van der Waals surface area (Å²) in [6.07, 6.45) is 3.72. The van der Waals surface area contributed by atoms with Gasteiger partial charge < -0.3 is 14.7 Å². The first kappa shape index (κ1) is 15.0. The SMILES string of the molecule is CCCCN(C)c1nccc(C(=O)Nc2cc(C)on2)n1. The number of hydrogen-bond donors (Lipinski definition) is 1. The van der Waals surface area contributed by atoms with Crippen LogP contribution in [0.5, 0.6) is 0 Å². The maximum atomic E-state index is 12.1. The van der Waals surface area contributed by atoms with Gasteiger partial charge in [-0.15, -0.1) is 0 Å². The van der Waals surface area contributed by atoms with Gasteiger partial charge in [0, 0.05) is 25.9 Å². The molecule has 7 heteroatoms. The van der Waals surface area contributed by atoms with Gasteiger partial charge in [-0.25, -0.2) is 9.97 Å². The number of nitrogens with one attached hydrogen (secondary N) is 1. The van der Waals surface area contributed by atoms with Crippen LogP contribution in [0.4, 0.5) is 11.8 Å². The minimum Gasteiger partial charge on any atom is -0.360 e. The first-order valence-corrected chi connectivity index (χ1v) is 6.89. The third-order valence-electron chi connectivity index (χ3n) is 2.93. The summed E-state index contributed by atoms with van der Waals surface area (Å²) in [5, 5.41) is 6.35. The molecule has 0 fully saturated rings. The molecule has 0 unspecified atom stereocenters. The van der Waals surface area contributed by atoms with E-state index < -0.39 is 0 Å². The summed E-state index contributed by atoms with van der Waals surface area (Å²) in [6, 6.07) is 3.22. The van der Waals surface area contributed by atoms with Crippen molar-refractivity contribution >= 4 is 17.7 Å². The van der Waals surface area contributed by atoms with Crippen molar-refractivity contribution in [3.8, 4) is 0 Å². The maximum Gasteiger partial charge on any atom is 0.275 e. The summed E-state index contributed by atoms with van der Waals surface area (Å²) >= 11 is 0. The van der Waals surface area contributed by atoms with Crippen LogP contribution in [0.2, 0.25) is 0 Å². The van der Waals surface area contributed by atoms with Crippen molar-refractivity contribution in [1.29, 1.82) is 0 Å². The Morgan fingerprint density at radius 3 is 2.95 bits per heavy atom. The Kier molecular flexibility index (Phi) is 4.86. The zero-order valence-electron chi connectivity index (χ0n) is 12.5. The number of anilines is 2. The molecule has 0 saturated carbocycles. The van der Waals surface area contributed by atoms with E-state index in [-0.39, 0.29) is 5.91 Å². The molecule has 1 N–H and O–H groups in total. The molecule has 2 rings (SSSR count). The summed E-state index contributed by atoms with van der Waals surface area (Å²) in [7, 11) is 1.91. The highest BCUT2D eigenvalue weighted by Gasteiger charge is 2.12. The first-order chi connectivity index (χ1) is 10.1. The topological polar surface area (TPSA) is 84.2 Å². The average molecular weight is 289 g/mol. The molecule has 0 aromatic carbocycles. The van der Waals surface area contributed by atoms with Gasteiger partial charge in [0.1, 0.15) is 11.5 Å². The van der Waals surface area contributed by atoms with E-state index in [0.717, 1.165) is 19.4 Å². The van der Waals surface area contributed by atoms with Crippen LogP contribution in [-0.4, -0.2) is 34.6 Å². The van der Waals surface area contributed by atoms with Gasteiger partial charge >= 0.3 is 0 Å². The lowest BCUT2D eigenvalue weighted by atomic mass is 10.3. The van der Waals surface area contributed by atoms with Crippen LogP contribution in [-0.2, 0) is 0 Å². The van der Waals surface area contributed by atoms with Gasteiger partial charge in [0.25, 0.3) is 5.91 Å². The van der Waals surface area contributed by atoms with Crippen molar-refractivity contribution < 1.29 is 9.32 Å². The number of aryl methyl sites for hydroxylation is 1. The molecule has 0 saturated heterocycles. The summed E-state index contributed by atoms with van der Waals surface area (Å²) in [5.41, 5.74) is 0.295. The summed E-state index contributed by atoms with van der Waals surface area (Å²) in [4.78, 5) is 22.5. The number of nitrogens with zero attached hydrogens (tertiary/aromatic N) is 4. The molecule has 0 atom stereocenters. The highest BCUT2D eigenvalue weighted by molar-refractivity contribution is 6.02. The number of carbonyl (C=O) groups is 1. The molecule has 0 spiro atoms. The van der Waals surface area contributed by atoms with Crippen LogP contribution in [0.15, 0.2) is 22.9 Å². The predicted octanol–water partition coefficient (Wildman–Crippen LogP) is 2.26. The Labute approximate surface area is 123 Å². The molecule has 0 radical (unpaired) electrons. The van der Waals surface area contributed by atoms with E-state index in [9.17, 15) is 4.79 Å². The monoisotopic (exact) mass is 289 g/mol. The number of rotatable bonds is 6. The molecule has 1 amide bonds. The zero-order valence-corrected chi connectivity index (χ0v) is 12.5. The van der Waals surface area contributed by atoms with Gasteiger partial charge in [-0.3, -0.25) is 4.79 Å². The highest BCUT2D eigenvalue weighted by atomic mass is 16.5. The highest BCUT2D eigenvalue weighted by Crippen LogP contribution is 2.11. The standard InChI is InChI=1S/C14H19N5O2/c1-4-5-8-19(3)14-15-7-6-11(16-14)13(20)17-12-9-10(2)21-18-12/h6-7,9H,4-5,8H2,1-3H3,(H,17,18,20). The Morgan fingerprint density at radius 2 is 2.29 bits per heavy atom. The minimum absolute atomic E-state index is 0.295. The third-order valence-corrected chi connectivity index (χ3v) is 2.93. The lowest BCUT2D eigenvalue weighted by Gasteiger charge is -2.16. The number of carbonyl (C=O) groups excluding carboxylic acids is 1. The fourth-order valence-corrected chi connectivity index (χ4v) is 1.76. The normalized spacial score (nSPS) is 10.4. The number of amides is 1. The van der Waals surface area contributed by atoms with Gasteiger partial charge in [0.15, 0.2) is 5.82 Å². The number of hydrogen-bond acceptors (Lipinski definition) is 6. The minimum atomic E-state index is -0.337.